The highest BCUT2D eigenvalue weighted by Gasteiger charge is 2.44. The molecule has 0 spiro atoms. The number of rotatable bonds is 6. The van der Waals surface area contributed by atoms with Gasteiger partial charge in [-0.25, -0.2) is 4.39 Å². The lowest BCUT2D eigenvalue weighted by Gasteiger charge is -2.34. The fraction of sp³-hybridized carbons (Fsp3) is 0.269. The lowest BCUT2D eigenvalue weighted by atomic mass is 10.1. The topological polar surface area (TPSA) is 32.8 Å². The molecule has 4 nitrogen and oxygen atoms in total. The van der Waals surface area contributed by atoms with E-state index in [1.54, 1.807) is 36.4 Å². The zero-order valence-corrected chi connectivity index (χ0v) is 18.3. The van der Waals surface area contributed by atoms with Crippen LogP contribution in [0.3, 0.4) is 0 Å². The maximum Gasteiger partial charge on any atom is 0.254 e. The second kappa shape index (κ2) is 8.93. The Balaban J connectivity index is 1.17. The first-order valence-electron chi connectivity index (χ1n) is 10.9. The zero-order valence-electron chi connectivity index (χ0n) is 17.6. The normalized spacial score (nSPS) is 20.0. The van der Waals surface area contributed by atoms with Gasteiger partial charge in [-0.2, -0.15) is 0 Å². The molecule has 2 fully saturated rings. The van der Waals surface area contributed by atoms with Crippen molar-refractivity contribution in [2.75, 3.05) is 19.6 Å². The summed E-state index contributed by atoms with van der Waals surface area (Å²) in [6, 6.07) is 21.7. The van der Waals surface area contributed by atoms with E-state index < -0.39 is 0 Å². The van der Waals surface area contributed by atoms with Crippen molar-refractivity contribution < 1.29 is 13.9 Å². The summed E-state index contributed by atoms with van der Waals surface area (Å²) in [7, 11) is 0. The minimum absolute atomic E-state index is 0.0663. The molecular formula is C26H24ClFN2O2. The molecule has 0 aliphatic carbocycles. The van der Waals surface area contributed by atoms with Gasteiger partial charge in [0.05, 0.1) is 0 Å². The Kier molecular flexibility index (Phi) is 5.85. The van der Waals surface area contributed by atoms with E-state index in [1.165, 1.54) is 17.7 Å². The van der Waals surface area contributed by atoms with E-state index in [2.05, 4.69) is 11.0 Å². The van der Waals surface area contributed by atoms with Crippen LogP contribution >= 0.6 is 11.6 Å². The van der Waals surface area contributed by atoms with Crippen LogP contribution in [0, 0.1) is 5.82 Å². The van der Waals surface area contributed by atoms with Crippen LogP contribution in [0.5, 0.6) is 11.5 Å². The molecule has 0 radical (unpaired) electrons. The lowest BCUT2D eigenvalue weighted by Crippen LogP contribution is -2.49. The summed E-state index contributed by atoms with van der Waals surface area (Å²) in [5.74, 6) is 0.929. The number of amides is 1. The number of halogens is 2. The van der Waals surface area contributed by atoms with Crippen LogP contribution < -0.4 is 4.74 Å². The van der Waals surface area contributed by atoms with Crippen LogP contribution in [0.1, 0.15) is 22.3 Å². The summed E-state index contributed by atoms with van der Waals surface area (Å²) in [5.41, 5.74) is 1.83. The smallest absolute Gasteiger partial charge is 0.254 e. The van der Waals surface area contributed by atoms with Crippen molar-refractivity contribution in [3.05, 3.63) is 94.8 Å². The molecule has 5 rings (SSSR count). The maximum absolute atomic E-state index is 13.1. The van der Waals surface area contributed by atoms with E-state index in [0.29, 0.717) is 23.1 Å². The van der Waals surface area contributed by atoms with Crippen molar-refractivity contribution >= 4 is 17.5 Å². The van der Waals surface area contributed by atoms with Gasteiger partial charge in [0.25, 0.3) is 5.91 Å². The van der Waals surface area contributed by atoms with Crippen molar-refractivity contribution in [1.29, 1.82) is 0 Å². The first kappa shape index (κ1) is 21.0. The summed E-state index contributed by atoms with van der Waals surface area (Å²) >= 11 is 6.29. The van der Waals surface area contributed by atoms with Gasteiger partial charge in [0.2, 0.25) is 0 Å². The Morgan fingerprint density at radius 2 is 1.62 bits per heavy atom. The number of carbonyl (C=O) groups excluding carboxylic acids is 1. The first-order valence-corrected chi connectivity index (χ1v) is 11.3. The molecule has 2 unspecified atom stereocenters. The predicted molar refractivity (Wildman–Crippen MR) is 123 cm³/mol. The predicted octanol–water partition coefficient (Wildman–Crippen LogP) is 5.41. The van der Waals surface area contributed by atoms with Gasteiger partial charge < -0.3 is 9.64 Å². The van der Waals surface area contributed by atoms with Crippen LogP contribution in [0.4, 0.5) is 4.39 Å². The van der Waals surface area contributed by atoms with Gasteiger partial charge in [-0.05, 0) is 73.0 Å². The lowest BCUT2D eigenvalue weighted by molar-refractivity contribution is 0.0626. The van der Waals surface area contributed by atoms with Crippen LogP contribution in [0.15, 0.2) is 72.8 Å². The van der Waals surface area contributed by atoms with Gasteiger partial charge in [0.1, 0.15) is 17.3 Å². The molecule has 2 bridgehead atoms. The fourth-order valence-electron chi connectivity index (χ4n) is 4.71. The number of piperazine rings is 1. The molecule has 32 heavy (non-hydrogen) atoms. The number of likely N-dealkylation sites (tertiary alicyclic amines) is 2. The Morgan fingerprint density at radius 1 is 0.938 bits per heavy atom. The number of carbonyl (C=O) groups is 1. The fourth-order valence-corrected chi connectivity index (χ4v) is 4.94. The SMILES string of the molecule is O=C(c1ccc(Oc2ccc(F)cc2)cc1)N1CC2CC1CN2CCc1ccccc1Cl. The Labute approximate surface area is 192 Å². The van der Waals surface area contributed by atoms with Crippen molar-refractivity contribution in [2.24, 2.45) is 0 Å². The standard InChI is InChI=1S/C26H24ClFN2O2/c27-25-4-2-1-3-18(25)13-14-29-16-22-15-21(29)17-30(22)26(31)19-5-9-23(10-6-19)32-24-11-7-20(28)8-12-24/h1-12,21-22H,13-17H2. The molecule has 3 aromatic rings. The highest BCUT2D eigenvalue weighted by Crippen LogP contribution is 2.32. The highest BCUT2D eigenvalue weighted by molar-refractivity contribution is 6.31. The molecule has 0 N–H and O–H groups in total. The van der Waals surface area contributed by atoms with Gasteiger partial charge in [-0.15, -0.1) is 0 Å². The van der Waals surface area contributed by atoms with E-state index >= 15 is 0 Å². The number of ether oxygens (including phenoxy) is 1. The summed E-state index contributed by atoms with van der Waals surface area (Å²) in [6.07, 6.45) is 1.95. The summed E-state index contributed by atoms with van der Waals surface area (Å²) < 4.78 is 18.8. The van der Waals surface area contributed by atoms with E-state index in [4.69, 9.17) is 16.3 Å². The van der Waals surface area contributed by atoms with Crippen LogP contribution in [0.2, 0.25) is 5.02 Å². The molecule has 1 amide bonds. The van der Waals surface area contributed by atoms with Gasteiger partial charge in [-0.1, -0.05) is 29.8 Å². The molecule has 2 atom stereocenters. The minimum atomic E-state index is -0.305. The molecule has 2 heterocycles. The third-order valence-corrected chi connectivity index (χ3v) is 6.76. The summed E-state index contributed by atoms with van der Waals surface area (Å²) in [4.78, 5) is 17.6. The zero-order chi connectivity index (χ0) is 22.1. The minimum Gasteiger partial charge on any atom is -0.457 e. The van der Waals surface area contributed by atoms with Crippen molar-refractivity contribution in [1.82, 2.24) is 9.80 Å². The maximum atomic E-state index is 13.1. The molecular weight excluding hydrogens is 427 g/mol. The van der Waals surface area contributed by atoms with Crippen LogP contribution in [-0.4, -0.2) is 47.4 Å². The van der Waals surface area contributed by atoms with E-state index in [9.17, 15) is 9.18 Å². The largest absolute Gasteiger partial charge is 0.457 e. The average Bonchev–Trinajstić information content (AvgIpc) is 3.41. The number of hydrogen-bond donors (Lipinski definition) is 0. The van der Waals surface area contributed by atoms with Crippen molar-refractivity contribution in [3.8, 4) is 11.5 Å². The van der Waals surface area contributed by atoms with Crippen molar-refractivity contribution in [2.45, 2.75) is 24.9 Å². The third kappa shape index (κ3) is 4.36. The summed E-state index contributed by atoms with van der Waals surface area (Å²) in [6.45, 7) is 2.63. The first-order chi connectivity index (χ1) is 15.6. The number of hydrogen-bond acceptors (Lipinski definition) is 3. The molecule has 6 heteroatoms. The highest BCUT2D eigenvalue weighted by atomic mass is 35.5. The molecule has 0 aromatic heterocycles. The Morgan fingerprint density at radius 3 is 2.28 bits per heavy atom. The van der Waals surface area contributed by atoms with Crippen LogP contribution in [0.25, 0.3) is 0 Å². The molecule has 2 saturated heterocycles. The van der Waals surface area contributed by atoms with E-state index in [0.717, 1.165) is 37.5 Å². The van der Waals surface area contributed by atoms with Gasteiger partial charge in [0.15, 0.2) is 0 Å². The van der Waals surface area contributed by atoms with Gasteiger partial charge in [0, 0.05) is 42.3 Å². The van der Waals surface area contributed by atoms with E-state index in [1.807, 2.05) is 23.1 Å². The molecule has 164 valence electrons. The second-order valence-corrected chi connectivity index (χ2v) is 8.82. The molecule has 0 saturated carbocycles. The van der Waals surface area contributed by atoms with Crippen LogP contribution in [-0.2, 0) is 6.42 Å². The summed E-state index contributed by atoms with van der Waals surface area (Å²) in [5, 5.41) is 0.820. The van der Waals surface area contributed by atoms with E-state index in [-0.39, 0.29) is 17.8 Å². The molecule has 3 aromatic carbocycles. The Bertz CT molecular complexity index is 1100. The molecule has 2 aliphatic rings. The molecule has 2 aliphatic heterocycles. The third-order valence-electron chi connectivity index (χ3n) is 6.39. The number of nitrogens with zero attached hydrogens (tertiary/aromatic N) is 2. The monoisotopic (exact) mass is 450 g/mol. The number of benzene rings is 3. The average molecular weight is 451 g/mol. The number of fused-ring (bicyclic) bond motifs is 2. The second-order valence-electron chi connectivity index (χ2n) is 8.42. The van der Waals surface area contributed by atoms with Gasteiger partial charge >= 0.3 is 0 Å². The van der Waals surface area contributed by atoms with Gasteiger partial charge in [-0.3, -0.25) is 9.69 Å². The Hall–Kier alpha value is -2.89. The quantitative estimate of drug-likeness (QED) is 0.503. The van der Waals surface area contributed by atoms with Crippen molar-refractivity contribution in [3.63, 3.8) is 0 Å².